The summed E-state index contributed by atoms with van der Waals surface area (Å²) in [5.74, 6) is 0.255. The van der Waals surface area contributed by atoms with Crippen LogP contribution in [0.15, 0.2) is 30.2 Å². The van der Waals surface area contributed by atoms with E-state index in [4.69, 9.17) is 5.73 Å². The van der Waals surface area contributed by atoms with Crippen LogP contribution in [0.4, 0.5) is 18.6 Å². The Morgan fingerprint density at radius 1 is 1.07 bits per heavy atom. The number of hydrogen-bond acceptors (Lipinski definition) is 1. The number of benzene rings is 1. The van der Waals surface area contributed by atoms with E-state index in [2.05, 4.69) is 0 Å². The van der Waals surface area contributed by atoms with Crippen LogP contribution >= 0.6 is 0 Å². The van der Waals surface area contributed by atoms with Gasteiger partial charge in [-0.15, -0.1) is 5.98 Å². The standard InChI is InChI=1S/C8H8BF3N.K/c10-9(11,12)6-5-7-1-3-8(13)4-2-7;/h1-6H,13H2;/q-1;+1/b6-5+;. The first kappa shape index (κ1) is 14.3. The molecule has 0 aliphatic carbocycles. The summed E-state index contributed by atoms with van der Waals surface area (Å²) in [6.45, 7) is -4.85. The summed E-state index contributed by atoms with van der Waals surface area (Å²) in [7, 11) is 0. The summed E-state index contributed by atoms with van der Waals surface area (Å²) in [5, 5.41) is 0. The third kappa shape index (κ3) is 5.87. The van der Waals surface area contributed by atoms with Crippen molar-refractivity contribution in [1.82, 2.24) is 0 Å². The molecule has 0 fully saturated rings. The monoisotopic (exact) mass is 225 g/mol. The molecule has 0 atom stereocenters. The predicted octanol–water partition coefficient (Wildman–Crippen LogP) is -0.327. The molecule has 0 heterocycles. The van der Waals surface area contributed by atoms with E-state index in [9.17, 15) is 12.9 Å². The Hall–Kier alpha value is 0.251. The summed E-state index contributed by atoms with van der Waals surface area (Å²) < 4.78 is 35.3. The van der Waals surface area contributed by atoms with Gasteiger partial charge in [-0.05, 0) is 17.7 Å². The minimum Gasteiger partial charge on any atom is -0.445 e. The molecule has 0 saturated carbocycles. The zero-order chi connectivity index (χ0) is 9.90. The van der Waals surface area contributed by atoms with Crippen molar-refractivity contribution in [2.24, 2.45) is 0 Å². The molecule has 0 bridgehead atoms. The van der Waals surface area contributed by atoms with Gasteiger partial charge in [-0.1, -0.05) is 18.2 Å². The minimum atomic E-state index is -4.85. The van der Waals surface area contributed by atoms with E-state index in [1.54, 1.807) is 12.1 Å². The van der Waals surface area contributed by atoms with Crippen LogP contribution in [0.25, 0.3) is 6.08 Å². The summed E-state index contributed by atoms with van der Waals surface area (Å²) in [6, 6.07) is 6.19. The van der Waals surface area contributed by atoms with Gasteiger partial charge in [0.15, 0.2) is 0 Å². The normalized spacial score (nSPS) is 11.4. The zero-order valence-corrected chi connectivity index (χ0v) is 10.9. The Balaban J connectivity index is 0.00000169. The van der Waals surface area contributed by atoms with Crippen LogP contribution in [0.5, 0.6) is 0 Å². The van der Waals surface area contributed by atoms with Crippen molar-refractivity contribution >= 4 is 18.7 Å². The molecule has 6 heteroatoms. The largest absolute Gasteiger partial charge is 1.00 e. The maximum absolute atomic E-state index is 11.8. The summed E-state index contributed by atoms with van der Waals surface area (Å²) in [5.41, 5.74) is 6.40. The van der Waals surface area contributed by atoms with E-state index in [1.807, 2.05) is 0 Å². The van der Waals surface area contributed by atoms with Gasteiger partial charge in [0.2, 0.25) is 0 Å². The van der Waals surface area contributed by atoms with Gasteiger partial charge in [0.05, 0.1) is 0 Å². The molecule has 70 valence electrons. The SMILES string of the molecule is Nc1ccc(/C=C/[B-](F)(F)F)cc1.[K+]. The molecule has 0 aliphatic rings. The van der Waals surface area contributed by atoms with Crippen molar-refractivity contribution in [3.8, 4) is 0 Å². The van der Waals surface area contributed by atoms with Crippen molar-refractivity contribution in [2.45, 2.75) is 0 Å². The quantitative estimate of drug-likeness (QED) is 0.541. The Morgan fingerprint density at radius 3 is 2.00 bits per heavy atom. The molecule has 0 aromatic heterocycles. The van der Waals surface area contributed by atoms with Gasteiger partial charge >= 0.3 is 58.4 Å². The third-order valence-electron chi connectivity index (χ3n) is 1.44. The molecule has 0 radical (unpaired) electrons. The Bertz CT molecular complexity index is 307. The molecule has 1 rings (SSSR count). The number of nitrogen functional groups attached to an aromatic ring is 1. The molecule has 0 aliphatic heterocycles. The van der Waals surface area contributed by atoms with E-state index >= 15 is 0 Å². The number of hydrogen-bond donors (Lipinski definition) is 1. The number of rotatable bonds is 2. The van der Waals surface area contributed by atoms with Gasteiger partial charge in [-0.3, -0.25) is 0 Å². The maximum Gasteiger partial charge on any atom is 1.00 e. The molecule has 1 aromatic carbocycles. The molecule has 0 amide bonds. The van der Waals surface area contributed by atoms with E-state index in [0.717, 1.165) is 6.08 Å². The smallest absolute Gasteiger partial charge is 0.445 e. The summed E-state index contributed by atoms with van der Waals surface area (Å²) in [4.78, 5) is 0. The zero-order valence-electron chi connectivity index (χ0n) is 7.75. The fourth-order valence-corrected chi connectivity index (χ4v) is 0.827. The molecule has 1 aromatic rings. The minimum absolute atomic E-state index is 0. The van der Waals surface area contributed by atoms with E-state index in [1.165, 1.54) is 12.1 Å². The molecule has 0 unspecified atom stereocenters. The molecule has 2 N–H and O–H groups in total. The van der Waals surface area contributed by atoms with Crippen molar-refractivity contribution in [1.29, 1.82) is 0 Å². The van der Waals surface area contributed by atoms with Crippen LogP contribution in [0.1, 0.15) is 5.56 Å². The average Bonchev–Trinajstić information content (AvgIpc) is 2.02. The van der Waals surface area contributed by atoms with Crippen LogP contribution in [0.3, 0.4) is 0 Å². The van der Waals surface area contributed by atoms with Gasteiger partial charge in [0, 0.05) is 5.69 Å². The second-order valence-electron chi connectivity index (χ2n) is 2.65. The second-order valence-corrected chi connectivity index (χ2v) is 2.65. The first-order valence-electron chi connectivity index (χ1n) is 3.72. The number of anilines is 1. The fraction of sp³-hybridized carbons (Fsp3) is 0. The average molecular weight is 225 g/mol. The number of nitrogens with two attached hydrogens (primary N) is 1. The van der Waals surface area contributed by atoms with Gasteiger partial charge in [-0.2, -0.15) is 0 Å². The van der Waals surface area contributed by atoms with E-state index < -0.39 is 6.98 Å². The number of halogens is 3. The van der Waals surface area contributed by atoms with Crippen LogP contribution in [-0.2, 0) is 0 Å². The van der Waals surface area contributed by atoms with Gasteiger partial charge in [0.1, 0.15) is 0 Å². The molecular formula is C8H8BF3KN. The van der Waals surface area contributed by atoms with E-state index in [-0.39, 0.29) is 57.4 Å². The fourth-order valence-electron chi connectivity index (χ4n) is 0.827. The molecule has 1 nitrogen and oxygen atoms in total. The molecule has 0 spiro atoms. The van der Waals surface area contributed by atoms with Crippen molar-refractivity contribution in [3.05, 3.63) is 35.8 Å². The van der Waals surface area contributed by atoms with E-state index in [0.29, 0.717) is 11.3 Å². The third-order valence-corrected chi connectivity index (χ3v) is 1.44. The first-order valence-corrected chi connectivity index (χ1v) is 3.72. The Kier molecular flexibility index (Phi) is 6.08. The van der Waals surface area contributed by atoms with Crippen LogP contribution in [0, 0.1) is 0 Å². The summed E-state index contributed by atoms with van der Waals surface area (Å²) in [6.07, 6.45) is 1.03. The predicted molar refractivity (Wildman–Crippen MR) is 49.0 cm³/mol. The van der Waals surface area contributed by atoms with Crippen molar-refractivity contribution in [3.63, 3.8) is 0 Å². The van der Waals surface area contributed by atoms with Gasteiger partial charge < -0.3 is 18.7 Å². The van der Waals surface area contributed by atoms with Crippen LogP contribution in [-0.4, -0.2) is 6.98 Å². The topological polar surface area (TPSA) is 26.0 Å². The maximum atomic E-state index is 11.8. The van der Waals surface area contributed by atoms with Crippen LogP contribution in [0.2, 0.25) is 0 Å². The van der Waals surface area contributed by atoms with Crippen molar-refractivity contribution < 1.29 is 64.3 Å². The summed E-state index contributed by atoms with van der Waals surface area (Å²) >= 11 is 0. The molecular weight excluding hydrogens is 217 g/mol. The Labute approximate surface area is 123 Å². The van der Waals surface area contributed by atoms with Crippen molar-refractivity contribution in [2.75, 3.05) is 5.73 Å². The second kappa shape index (κ2) is 5.97. The van der Waals surface area contributed by atoms with Crippen LogP contribution < -0.4 is 57.1 Å². The Morgan fingerprint density at radius 2 is 1.57 bits per heavy atom. The van der Waals surface area contributed by atoms with Gasteiger partial charge in [-0.25, -0.2) is 0 Å². The van der Waals surface area contributed by atoms with Gasteiger partial charge in [0.25, 0.3) is 0 Å². The molecule has 14 heavy (non-hydrogen) atoms. The molecule has 0 saturated heterocycles. The first-order chi connectivity index (χ1) is 5.97.